The van der Waals surface area contributed by atoms with Crippen molar-refractivity contribution in [2.24, 2.45) is 11.8 Å². The molecule has 3 aromatic rings. The van der Waals surface area contributed by atoms with Crippen LogP contribution in [0.1, 0.15) is 44.4 Å². The van der Waals surface area contributed by atoms with E-state index < -0.39 is 6.43 Å². The number of carbonyl (C=O) groups is 2. The van der Waals surface area contributed by atoms with Crippen LogP contribution in [0.25, 0.3) is 16.9 Å². The van der Waals surface area contributed by atoms with E-state index in [0.717, 1.165) is 12.8 Å². The van der Waals surface area contributed by atoms with Crippen LogP contribution in [-0.2, 0) is 14.3 Å². The topological polar surface area (TPSA) is 105 Å². The van der Waals surface area contributed by atoms with Gasteiger partial charge in [-0.15, -0.1) is 0 Å². The van der Waals surface area contributed by atoms with Crippen molar-refractivity contribution in [3.8, 4) is 5.82 Å². The van der Waals surface area contributed by atoms with Crippen LogP contribution in [0.5, 0.6) is 0 Å². The molecular formula is C28H33F2N7O3. The molecule has 4 heterocycles. The first kappa shape index (κ1) is 26.5. The number of nitrogens with one attached hydrogen (secondary N) is 1. The fourth-order valence-corrected chi connectivity index (χ4v) is 5.90. The van der Waals surface area contributed by atoms with E-state index in [2.05, 4.69) is 10.3 Å². The van der Waals surface area contributed by atoms with Crippen molar-refractivity contribution >= 4 is 34.5 Å². The Hall–Kier alpha value is -3.67. The number of rotatable bonds is 8. The minimum Gasteiger partial charge on any atom is -0.378 e. The number of hydrogen-bond acceptors (Lipinski definition) is 8. The number of halogens is 2. The molecule has 1 aromatic carbocycles. The van der Waals surface area contributed by atoms with Gasteiger partial charge in [0.05, 0.1) is 24.2 Å². The van der Waals surface area contributed by atoms with Gasteiger partial charge in [-0.1, -0.05) is 12.1 Å². The average Bonchev–Trinajstić information content (AvgIpc) is 3.34. The second-order valence-corrected chi connectivity index (χ2v) is 11.0. The molecule has 10 nitrogen and oxygen atoms in total. The summed E-state index contributed by atoms with van der Waals surface area (Å²) in [6.07, 6.45) is 0.428. The van der Waals surface area contributed by atoms with Gasteiger partial charge in [-0.2, -0.15) is 9.97 Å². The van der Waals surface area contributed by atoms with Gasteiger partial charge in [0.15, 0.2) is 5.82 Å². The SMILES string of the molecule is CN1CC(C(=O)CC2CC(Nc3cc(-n4c(C(F)F)nc5ccccc54)nc(N4CCOCC4)n3)C2)CCC1=O. The lowest BCUT2D eigenvalue weighted by atomic mass is 9.75. The number of imidazole rings is 1. The van der Waals surface area contributed by atoms with Crippen molar-refractivity contribution in [2.45, 2.75) is 44.6 Å². The molecule has 40 heavy (non-hydrogen) atoms. The molecular weight excluding hydrogens is 520 g/mol. The lowest BCUT2D eigenvalue weighted by Gasteiger charge is -2.37. The smallest absolute Gasteiger partial charge is 0.296 e. The van der Waals surface area contributed by atoms with Gasteiger partial charge in [0.2, 0.25) is 11.9 Å². The monoisotopic (exact) mass is 553 g/mol. The van der Waals surface area contributed by atoms with Crippen LogP contribution in [0.15, 0.2) is 30.3 Å². The molecule has 1 aliphatic carbocycles. The van der Waals surface area contributed by atoms with Gasteiger partial charge >= 0.3 is 0 Å². The number of amides is 1. The van der Waals surface area contributed by atoms with Crippen molar-refractivity contribution in [2.75, 3.05) is 50.1 Å². The Balaban J connectivity index is 1.21. The Morgan fingerprint density at radius 3 is 2.67 bits per heavy atom. The summed E-state index contributed by atoms with van der Waals surface area (Å²) in [5, 5.41) is 3.46. The van der Waals surface area contributed by atoms with Gasteiger partial charge in [-0.05, 0) is 37.3 Å². The minimum absolute atomic E-state index is 0.0794. The maximum absolute atomic E-state index is 14.1. The molecule has 3 aliphatic rings. The highest BCUT2D eigenvalue weighted by molar-refractivity contribution is 5.85. The number of Topliss-reactive ketones (excluding diaryl/α,β-unsaturated/α-hetero) is 1. The van der Waals surface area contributed by atoms with Gasteiger partial charge in [-0.3, -0.25) is 14.2 Å². The molecule has 3 fully saturated rings. The number of fused-ring (bicyclic) bond motifs is 1. The predicted octanol–water partition coefficient (Wildman–Crippen LogP) is 3.61. The van der Waals surface area contributed by atoms with E-state index in [1.807, 2.05) is 4.90 Å². The first-order valence-electron chi connectivity index (χ1n) is 13.9. The standard InChI is InChI=1S/C28H33F2N7O3/c1-35-16-18(6-7-25(35)39)22(38)14-17-12-19(13-17)31-23-15-24(34-28(33-23)36-8-10-40-11-9-36)37-21-5-3-2-4-20(21)32-27(37)26(29)30/h2-5,15,17-19,26H,6-14,16H2,1H3,(H,31,33,34). The number of morpholine rings is 1. The van der Waals surface area contributed by atoms with Gasteiger partial charge in [0.25, 0.3) is 6.43 Å². The van der Waals surface area contributed by atoms with E-state index in [9.17, 15) is 18.4 Å². The Bertz CT molecular complexity index is 1400. The number of hydrogen-bond donors (Lipinski definition) is 1. The van der Waals surface area contributed by atoms with Gasteiger partial charge in [0.1, 0.15) is 17.4 Å². The molecule has 1 unspecified atom stereocenters. The highest BCUT2D eigenvalue weighted by atomic mass is 19.3. The number of para-hydroxylation sites is 2. The van der Waals surface area contributed by atoms with Gasteiger partial charge in [0, 0.05) is 57.5 Å². The number of carbonyl (C=O) groups excluding carboxylic acids is 2. The van der Waals surface area contributed by atoms with Gasteiger partial charge < -0.3 is 19.9 Å². The maximum atomic E-state index is 14.1. The Morgan fingerprint density at radius 2 is 1.93 bits per heavy atom. The molecule has 1 atom stereocenters. The highest BCUT2D eigenvalue weighted by Crippen LogP contribution is 2.35. The molecule has 1 saturated carbocycles. The first-order valence-corrected chi connectivity index (χ1v) is 13.9. The first-order chi connectivity index (χ1) is 19.4. The quantitative estimate of drug-likeness (QED) is 0.451. The second-order valence-electron chi connectivity index (χ2n) is 11.0. The van der Waals surface area contributed by atoms with Crippen LogP contribution in [0.3, 0.4) is 0 Å². The second kappa shape index (κ2) is 11.1. The zero-order valence-corrected chi connectivity index (χ0v) is 22.4. The van der Waals surface area contributed by atoms with Crippen molar-refractivity contribution in [1.82, 2.24) is 24.4 Å². The number of piperidine rings is 1. The number of nitrogens with zero attached hydrogens (tertiary/aromatic N) is 6. The maximum Gasteiger partial charge on any atom is 0.296 e. The molecule has 0 radical (unpaired) electrons. The molecule has 0 bridgehead atoms. The zero-order chi connectivity index (χ0) is 27.8. The molecule has 12 heteroatoms. The summed E-state index contributed by atoms with van der Waals surface area (Å²) < 4.78 is 35.1. The van der Waals surface area contributed by atoms with E-state index in [-0.39, 0.29) is 35.4 Å². The van der Waals surface area contributed by atoms with Crippen LogP contribution >= 0.6 is 0 Å². The van der Waals surface area contributed by atoms with E-state index in [1.54, 1.807) is 42.3 Å². The fraction of sp³-hybridized carbons (Fsp3) is 0.536. The molecule has 2 saturated heterocycles. The summed E-state index contributed by atoms with van der Waals surface area (Å²) in [6, 6.07) is 8.83. The third-order valence-corrected chi connectivity index (χ3v) is 8.17. The Kier molecular flexibility index (Phi) is 7.35. The van der Waals surface area contributed by atoms with Crippen molar-refractivity contribution < 1.29 is 23.1 Å². The van der Waals surface area contributed by atoms with Crippen LogP contribution < -0.4 is 10.2 Å². The molecule has 212 valence electrons. The average molecular weight is 554 g/mol. The zero-order valence-electron chi connectivity index (χ0n) is 22.4. The van der Waals surface area contributed by atoms with Crippen molar-refractivity contribution in [1.29, 1.82) is 0 Å². The number of aromatic nitrogens is 4. The molecule has 2 aromatic heterocycles. The van der Waals surface area contributed by atoms with E-state index in [1.165, 1.54) is 4.57 Å². The molecule has 6 rings (SSSR count). The minimum atomic E-state index is -2.78. The third-order valence-electron chi connectivity index (χ3n) is 8.17. The lowest BCUT2D eigenvalue weighted by Crippen LogP contribution is -2.42. The van der Waals surface area contributed by atoms with E-state index in [4.69, 9.17) is 14.7 Å². The largest absolute Gasteiger partial charge is 0.378 e. The van der Waals surface area contributed by atoms with Crippen LogP contribution in [0.4, 0.5) is 20.5 Å². The van der Waals surface area contributed by atoms with Crippen molar-refractivity contribution in [3.05, 3.63) is 36.2 Å². The third kappa shape index (κ3) is 5.36. The van der Waals surface area contributed by atoms with Gasteiger partial charge in [-0.25, -0.2) is 13.8 Å². The fourth-order valence-electron chi connectivity index (χ4n) is 5.90. The Morgan fingerprint density at radius 1 is 1.15 bits per heavy atom. The number of benzene rings is 1. The summed E-state index contributed by atoms with van der Waals surface area (Å²) in [4.78, 5) is 41.9. The number of ketones is 1. The summed E-state index contributed by atoms with van der Waals surface area (Å²) in [5.41, 5.74) is 1.02. The summed E-state index contributed by atoms with van der Waals surface area (Å²) in [5.74, 6) is 1.48. The summed E-state index contributed by atoms with van der Waals surface area (Å²) >= 11 is 0. The number of anilines is 2. The normalized spacial score (nSPS) is 23.5. The molecule has 1 N–H and O–H groups in total. The van der Waals surface area contributed by atoms with Crippen LogP contribution in [-0.4, -0.2) is 82.0 Å². The number of ether oxygens (including phenoxy) is 1. The van der Waals surface area contributed by atoms with E-state index in [0.29, 0.717) is 80.7 Å². The summed E-state index contributed by atoms with van der Waals surface area (Å²) in [7, 11) is 1.75. The van der Waals surface area contributed by atoms with E-state index >= 15 is 0 Å². The van der Waals surface area contributed by atoms with Crippen LogP contribution in [0.2, 0.25) is 0 Å². The van der Waals surface area contributed by atoms with Crippen LogP contribution in [0, 0.1) is 11.8 Å². The molecule has 1 amide bonds. The summed E-state index contributed by atoms with van der Waals surface area (Å²) in [6.45, 7) is 2.78. The molecule has 0 spiro atoms. The number of alkyl halides is 2. The lowest BCUT2D eigenvalue weighted by molar-refractivity contribution is -0.136. The highest BCUT2D eigenvalue weighted by Gasteiger charge is 2.35. The Labute approximate surface area is 230 Å². The van der Waals surface area contributed by atoms with Crippen molar-refractivity contribution in [3.63, 3.8) is 0 Å². The predicted molar refractivity (Wildman–Crippen MR) is 145 cm³/mol. The number of likely N-dealkylation sites (tertiary alicyclic amines) is 1. The molecule has 2 aliphatic heterocycles.